The molecule has 0 heterocycles. The maximum absolute atomic E-state index is 6.22. The molecule has 20 heavy (non-hydrogen) atoms. The average molecular weight is 323 g/mol. The summed E-state index contributed by atoms with van der Waals surface area (Å²) in [7, 11) is 0. The molecule has 5 heteroatoms. The molecule has 0 unspecified atom stereocenters. The van der Waals surface area contributed by atoms with E-state index in [4.69, 9.17) is 11.6 Å². The van der Waals surface area contributed by atoms with Crippen molar-refractivity contribution < 1.29 is 0 Å². The number of hydrogen-bond acceptors (Lipinski definition) is 4. The number of thioether (sulfide) groups is 2. The zero-order valence-corrected chi connectivity index (χ0v) is 13.6. The lowest BCUT2D eigenvalue weighted by Crippen LogP contribution is -1.97. The summed E-state index contributed by atoms with van der Waals surface area (Å²) in [6.07, 6.45) is 4.09. The zero-order chi connectivity index (χ0) is 14.4. The lowest BCUT2D eigenvalue weighted by molar-refractivity contribution is 1.32. The van der Waals surface area contributed by atoms with E-state index in [9.17, 15) is 0 Å². The SMILES string of the molecule is CSc1ccc(NN=C(Cl)c2cccc(SC)c2)cc1. The van der Waals surface area contributed by atoms with E-state index in [2.05, 4.69) is 16.8 Å². The molecule has 0 atom stereocenters. The fraction of sp³-hybridized carbons (Fsp3) is 0.133. The molecule has 0 fully saturated rings. The molecule has 0 saturated heterocycles. The fourth-order valence-corrected chi connectivity index (χ4v) is 2.62. The Bertz CT molecular complexity index is 597. The molecule has 0 bridgehead atoms. The van der Waals surface area contributed by atoms with Crippen LogP contribution in [0.4, 0.5) is 5.69 Å². The third kappa shape index (κ3) is 4.20. The number of nitrogens with zero attached hydrogens (tertiary/aromatic N) is 1. The Morgan fingerprint density at radius 2 is 1.70 bits per heavy atom. The monoisotopic (exact) mass is 322 g/mol. The molecule has 2 aromatic carbocycles. The second-order valence-corrected chi connectivity index (χ2v) is 6.09. The van der Waals surface area contributed by atoms with Gasteiger partial charge in [0.05, 0.1) is 5.69 Å². The molecule has 0 radical (unpaired) electrons. The molecule has 0 aliphatic carbocycles. The first-order valence-electron chi connectivity index (χ1n) is 6.00. The number of hydrazone groups is 1. The molecule has 0 aliphatic rings. The summed E-state index contributed by atoms with van der Waals surface area (Å²) in [6, 6.07) is 16.1. The van der Waals surface area contributed by atoms with Gasteiger partial charge in [0.25, 0.3) is 0 Å². The first-order chi connectivity index (χ1) is 9.72. The Hall–Kier alpha value is -1.10. The van der Waals surface area contributed by atoms with Crippen LogP contribution in [0.1, 0.15) is 5.56 Å². The van der Waals surface area contributed by atoms with Gasteiger partial charge in [-0.3, -0.25) is 5.43 Å². The van der Waals surface area contributed by atoms with Gasteiger partial charge in [-0.25, -0.2) is 0 Å². The predicted molar refractivity (Wildman–Crippen MR) is 92.5 cm³/mol. The van der Waals surface area contributed by atoms with Gasteiger partial charge < -0.3 is 0 Å². The van der Waals surface area contributed by atoms with E-state index in [1.807, 2.05) is 54.8 Å². The van der Waals surface area contributed by atoms with Gasteiger partial charge in [0, 0.05) is 15.4 Å². The number of halogens is 1. The molecular weight excluding hydrogens is 308 g/mol. The largest absolute Gasteiger partial charge is 0.277 e. The Labute approximate surface area is 133 Å². The molecule has 104 valence electrons. The summed E-state index contributed by atoms with van der Waals surface area (Å²) in [6.45, 7) is 0. The highest BCUT2D eigenvalue weighted by atomic mass is 35.5. The van der Waals surface area contributed by atoms with Crippen molar-refractivity contribution in [2.75, 3.05) is 17.9 Å². The van der Waals surface area contributed by atoms with Crippen molar-refractivity contribution in [3.63, 3.8) is 0 Å². The smallest absolute Gasteiger partial charge is 0.156 e. The molecule has 2 nitrogen and oxygen atoms in total. The van der Waals surface area contributed by atoms with Gasteiger partial charge in [-0.15, -0.1) is 23.5 Å². The number of hydrogen-bond donors (Lipinski definition) is 1. The Kier molecular flexibility index (Phi) is 5.83. The van der Waals surface area contributed by atoms with Gasteiger partial charge in [0.1, 0.15) is 0 Å². The molecule has 0 saturated carbocycles. The van der Waals surface area contributed by atoms with Crippen LogP contribution in [0.5, 0.6) is 0 Å². The molecule has 0 aliphatic heterocycles. The van der Waals surface area contributed by atoms with E-state index >= 15 is 0 Å². The Morgan fingerprint density at radius 1 is 1.00 bits per heavy atom. The molecule has 0 spiro atoms. The first kappa shape index (κ1) is 15.3. The van der Waals surface area contributed by atoms with Crippen LogP contribution < -0.4 is 5.43 Å². The van der Waals surface area contributed by atoms with Crippen LogP contribution in [0.3, 0.4) is 0 Å². The second kappa shape index (κ2) is 7.62. The maximum Gasteiger partial charge on any atom is 0.156 e. The van der Waals surface area contributed by atoms with Gasteiger partial charge in [0.15, 0.2) is 5.17 Å². The van der Waals surface area contributed by atoms with E-state index in [1.165, 1.54) is 9.79 Å². The number of nitrogens with one attached hydrogen (secondary N) is 1. The highest BCUT2D eigenvalue weighted by molar-refractivity contribution is 7.98. The molecule has 0 aromatic heterocycles. The third-order valence-corrected chi connectivity index (χ3v) is 4.45. The topological polar surface area (TPSA) is 24.4 Å². The number of rotatable bonds is 5. The van der Waals surface area contributed by atoms with Crippen LogP contribution in [0.2, 0.25) is 0 Å². The van der Waals surface area contributed by atoms with Crippen molar-refractivity contribution in [2.24, 2.45) is 5.10 Å². The van der Waals surface area contributed by atoms with Crippen molar-refractivity contribution in [3.8, 4) is 0 Å². The standard InChI is InChI=1S/C15H15ClN2S2/c1-19-13-8-6-12(7-9-13)17-18-15(16)11-4-3-5-14(10-11)20-2/h3-10,17H,1-2H3. The van der Waals surface area contributed by atoms with E-state index in [0.29, 0.717) is 5.17 Å². The minimum absolute atomic E-state index is 0.454. The van der Waals surface area contributed by atoms with E-state index in [0.717, 1.165) is 11.3 Å². The van der Waals surface area contributed by atoms with Crippen molar-refractivity contribution in [3.05, 3.63) is 54.1 Å². The van der Waals surface area contributed by atoms with E-state index < -0.39 is 0 Å². The lowest BCUT2D eigenvalue weighted by atomic mass is 10.2. The molecule has 0 amide bonds. The molecule has 2 aromatic rings. The quantitative estimate of drug-likeness (QED) is 0.468. The van der Waals surface area contributed by atoms with Crippen LogP contribution in [-0.4, -0.2) is 17.7 Å². The lowest BCUT2D eigenvalue weighted by Gasteiger charge is -2.04. The maximum atomic E-state index is 6.22. The van der Waals surface area contributed by atoms with Crippen molar-refractivity contribution >= 4 is 46.0 Å². The first-order valence-corrected chi connectivity index (χ1v) is 8.83. The third-order valence-electron chi connectivity index (χ3n) is 2.68. The molecule has 1 N–H and O–H groups in total. The van der Waals surface area contributed by atoms with Crippen LogP contribution in [0, 0.1) is 0 Å². The van der Waals surface area contributed by atoms with Crippen molar-refractivity contribution in [1.29, 1.82) is 0 Å². The number of anilines is 1. The van der Waals surface area contributed by atoms with Crippen molar-refractivity contribution in [1.82, 2.24) is 0 Å². The Balaban J connectivity index is 2.09. The summed E-state index contributed by atoms with van der Waals surface area (Å²) >= 11 is 9.61. The van der Waals surface area contributed by atoms with E-state index in [-0.39, 0.29) is 0 Å². The van der Waals surface area contributed by atoms with E-state index in [1.54, 1.807) is 23.5 Å². The summed E-state index contributed by atoms with van der Waals surface area (Å²) < 4.78 is 0. The van der Waals surface area contributed by atoms with Gasteiger partial charge in [-0.1, -0.05) is 23.7 Å². The highest BCUT2D eigenvalue weighted by Gasteiger charge is 2.01. The highest BCUT2D eigenvalue weighted by Crippen LogP contribution is 2.19. The van der Waals surface area contributed by atoms with Crippen LogP contribution >= 0.6 is 35.1 Å². The van der Waals surface area contributed by atoms with Gasteiger partial charge >= 0.3 is 0 Å². The fourth-order valence-electron chi connectivity index (χ4n) is 1.60. The van der Waals surface area contributed by atoms with Gasteiger partial charge in [-0.05, 0) is 48.9 Å². The minimum Gasteiger partial charge on any atom is -0.277 e. The Morgan fingerprint density at radius 3 is 2.35 bits per heavy atom. The molecular formula is C15H15ClN2S2. The zero-order valence-electron chi connectivity index (χ0n) is 11.3. The van der Waals surface area contributed by atoms with Crippen LogP contribution in [0.25, 0.3) is 0 Å². The van der Waals surface area contributed by atoms with Gasteiger partial charge in [-0.2, -0.15) is 5.10 Å². The average Bonchev–Trinajstić information content (AvgIpc) is 2.53. The summed E-state index contributed by atoms with van der Waals surface area (Å²) in [5.41, 5.74) is 4.80. The van der Waals surface area contributed by atoms with Crippen LogP contribution in [-0.2, 0) is 0 Å². The summed E-state index contributed by atoms with van der Waals surface area (Å²) in [4.78, 5) is 2.39. The summed E-state index contributed by atoms with van der Waals surface area (Å²) in [5.74, 6) is 0. The molecule has 2 rings (SSSR count). The second-order valence-electron chi connectivity index (χ2n) is 3.97. The normalized spacial score (nSPS) is 11.4. The predicted octanol–water partition coefficient (Wildman–Crippen LogP) is 5.14. The number of benzene rings is 2. The van der Waals surface area contributed by atoms with Gasteiger partial charge in [0.2, 0.25) is 0 Å². The minimum atomic E-state index is 0.454. The van der Waals surface area contributed by atoms with Crippen molar-refractivity contribution in [2.45, 2.75) is 9.79 Å². The van der Waals surface area contributed by atoms with Crippen LogP contribution in [0.15, 0.2) is 63.4 Å². The summed E-state index contributed by atoms with van der Waals surface area (Å²) in [5, 5.41) is 4.67.